The molecule has 1 aliphatic rings. The molecular weight excluding hydrogens is 208 g/mol. The van der Waals surface area contributed by atoms with Crippen LogP contribution in [0.4, 0.5) is 11.4 Å². The summed E-state index contributed by atoms with van der Waals surface area (Å²) in [5.74, 6) is 0.870. The van der Waals surface area contributed by atoms with Crippen LogP contribution in [0.2, 0.25) is 0 Å². The highest BCUT2D eigenvalue weighted by molar-refractivity contribution is 5.60. The largest absolute Gasteiger partial charge is 0.399 e. The molecule has 1 fully saturated rings. The van der Waals surface area contributed by atoms with E-state index in [1.54, 1.807) is 0 Å². The molecule has 94 valence electrons. The quantitative estimate of drug-likeness (QED) is 0.807. The molecule has 0 heterocycles. The SMILES string of the molecule is Cc1ccc(N)cc1N(C)CC1CCCCC1. The maximum Gasteiger partial charge on any atom is 0.0414 e. The first-order chi connectivity index (χ1) is 8.16. The van der Waals surface area contributed by atoms with Crippen LogP contribution in [0.25, 0.3) is 0 Å². The van der Waals surface area contributed by atoms with E-state index in [9.17, 15) is 0 Å². The molecule has 2 heteroatoms. The summed E-state index contributed by atoms with van der Waals surface area (Å²) in [7, 11) is 2.19. The van der Waals surface area contributed by atoms with Gasteiger partial charge < -0.3 is 10.6 Å². The number of benzene rings is 1. The van der Waals surface area contributed by atoms with Crippen molar-refractivity contribution in [3.8, 4) is 0 Å². The molecule has 0 aliphatic heterocycles. The van der Waals surface area contributed by atoms with Gasteiger partial charge in [0, 0.05) is 25.0 Å². The van der Waals surface area contributed by atoms with Gasteiger partial charge in [-0.3, -0.25) is 0 Å². The van der Waals surface area contributed by atoms with Gasteiger partial charge in [0.1, 0.15) is 0 Å². The Hall–Kier alpha value is -1.18. The van der Waals surface area contributed by atoms with Crippen LogP contribution in [0, 0.1) is 12.8 Å². The van der Waals surface area contributed by atoms with Crippen molar-refractivity contribution in [1.29, 1.82) is 0 Å². The predicted molar refractivity (Wildman–Crippen MR) is 75.4 cm³/mol. The Labute approximate surface area is 105 Å². The van der Waals surface area contributed by atoms with Crippen molar-refractivity contribution in [2.24, 2.45) is 5.92 Å². The third kappa shape index (κ3) is 3.15. The van der Waals surface area contributed by atoms with Crippen LogP contribution in [0.5, 0.6) is 0 Å². The molecule has 1 aromatic carbocycles. The lowest BCUT2D eigenvalue weighted by molar-refractivity contribution is 0.362. The van der Waals surface area contributed by atoms with Gasteiger partial charge in [0.15, 0.2) is 0 Å². The van der Waals surface area contributed by atoms with Gasteiger partial charge in [-0.15, -0.1) is 0 Å². The van der Waals surface area contributed by atoms with E-state index < -0.39 is 0 Å². The first-order valence-corrected chi connectivity index (χ1v) is 6.74. The molecule has 0 radical (unpaired) electrons. The topological polar surface area (TPSA) is 29.3 Å². The first-order valence-electron chi connectivity index (χ1n) is 6.74. The summed E-state index contributed by atoms with van der Waals surface area (Å²) in [5, 5.41) is 0. The highest BCUT2D eigenvalue weighted by Crippen LogP contribution is 2.27. The van der Waals surface area contributed by atoms with Gasteiger partial charge in [-0.1, -0.05) is 25.3 Å². The van der Waals surface area contributed by atoms with Crippen molar-refractivity contribution in [2.45, 2.75) is 39.0 Å². The summed E-state index contributed by atoms with van der Waals surface area (Å²) in [6.07, 6.45) is 7.04. The van der Waals surface area contributed by atoms with Crippen molar-refractivity contribution in [2.75, 3.05) is 24.2 Å². The normalized spacial score (nSPS) is 17.1. The van der Waals surface area contributed by atoms with Gasteiger partial charge in [0.05, 0.1) is 0 Å². The molecule has 0 amide bonds. The van der Waals surface area contributed by atoms with E-state index in [1.807, 2.05) is 6.07 Å². The molecule has 2 rings (SSSR count). The fraction of sp³-hybridized carbons (Fsp3) is 0.600. The zero-order valence-electron chi connectivity index (χ0n) is 11.1. The second-order valence-corrected chi connectivity index (χ2v) is 5.43. The van der Waals surface area contributed by atoms with Crippen LogP contribution in [0.15, 0.2) is 18.2 Å². The second kappa shape index (κ2) is 5.44. The Kier molecular flexibility index (Phi) is 3.93. The van der Waals surface area contributed by atoms with E-state index in [0.29, 0.717) is 0 Å². The van der Waals surface area contributed by atoms with Gasteiger partial charge in [-0.2, -0.15) is 0 Å². The Morgan fingerprint density at radius 3 is 2.65 bits per heavy atom. The third-order valence-corrected chi connectivity index (χ3v) is 3.90. The van der Waals surface area contributed by atoms with E-state index in [-0.39, 0.29) is 0 Å². The van der Waals surface area contributed by atoms with Gasteiger partial charge >= 0.3 is 0 Å². The van der Waals surface area contributed by atoms with Crippen molar-refractivity contribution in [3.63, 3.8) is 0 Å². The fourth-order valence-electron chi connectivity index (χ4n) is 2.89. The average molecular weight is 232 g/mol. The molecule has 0 aromatic heterocycles. The molecular formula is C15H24N2. The summed E-state index contributed by atoms with van der Waals surface area (Å²) >= 11 is 0. The van der Waals surface area contributed by atoms with Gasteiger partial charge in [-0.25, -0.2) is 0 Å². The molecule has 2 N–H and O–H groups in total. The molecule has 0 saturated heterocycles. The summed E-state index contributed by atoms with van der Waals surface area (Å²) in [5.41, 5.74) is 9.34. The van der Waals surface area contributed by atoms with Crippen LogP contribution < -0.4 is 10.6 Å². The standard InChI is InChI=1S/C15H24N2/c1-12-8-9-14(16)10-15(12)17(2)11-13-6-4-3-5-7-13/h8-10,13H,3-7,11,16H2,1-2H3. The van der Waals surface area contributed by atoms with Crippen molar-refractivity contribution >= 4 is 11.4 Å². The predicted octanol–water partition coefficient (Wildman–Crippen LogP) is 3.59. The molecule has 1 aromatic rings. The Balaban J connectivity index is 2.02. The van der Waals surface area contributed by atoms with E-state index in [2.05, 4.69) is 31.0 Å². The van der Waals surface area contributed by atoms with Crippen LogP contribution in [-0.2, 0) is 0 Å². The lowest BCUT2D eigenvalue weighted by Gasteiger charge is -2.29. The minimum absolute atomic E-state index is 0.862. The molecule has 1 saturated carbocycles. The maximum atomic E-state index is 5.87. The molecule has 0 unspecified atom stereocenters. The Morgan fingerprint density at radius 1 is 1.24 bits per heavy atom. The van der Waals surface area contributed by atoms with Crippen LogP contribution in [0.1, 0.15) is 37.7 Å². The van der Waals surface area contributed by atoms with Crippen molar-refractivity contribution < 1.29 is 0 Å². The minimum Gasteiger partial charge on any atom is -0.399 e. The zero-order chi connectivity index (χ0) is 12.3. The highest BCUT2D eigenvalue weighted by atomic mass is 15.1. The first kappa shape index (κ1) is 12.3. The molecule has 0 atom stereocenters. The van der Waals surface area contributed by atoms with Crippen molar-refractivity contribution in [3.05, 3.63) is 23.8 Å². The Morgan fingerprint density at radius 2 is 1.94 bits per heavy atom. The smallest absolute Gasteiger partial charge is 0.0414 e. The number of hydrogen-bond acceptors (Lipinski definition) is 2. The van der Waals surface area contributed by atoms with Gasteiger partial charge in [0.2, 0.25) is 0 Å². The summed E-state index contributed by atoms with van der Waals surface area (Å²) in [6.45, 7) is 3.33. The lowest BCUT2D eigenvalue weighted by atomic mass is 9.89. The number of rotatable bonds is 3. The van der Waals surface area contributed by atoms with E-state index in [0.717, 1.165) is 11.6 Å². The van der Waals surface area contributed by atoms with Crippen LogP contribution >= 0.6 is 0 Å². The third-order valence-electron chi connectivity index (χ3n) is 3.90. The monoisotopic (exact) mass is 232 g/mol. The number of aryl methyl sites for hydroxylation is 1. The van der Waals surface area contributed by atoms with Gasteiger partial charge in [-0.05, 0) is 43.4 Å². The lowest BCUT2D eigenvalue weighted by Crippen LogP contribution is -2.27. The molecule has 1 aliphatic carbocycles. The summed E-state index contributed by atoms with van der Waals surface area (Å²) in [4.78, 5) is 2.38. The molecule has 0 spiro atoms. The highest BCUT2D eigenvalue weighted by Gasteiger charge is 2.16. The number of nitrogens with zero attached hydrogens (tertiary/aromatic N) is 1. The van der Waals surface area contributed by atoms with E-state index in [1.165, 1.54) is 49.9 Å². The van der Waals surface area contributed by atoms with Crippen LogP contribution in [0.3, 0.4) is 0 Å². The number of nitrogens with two attached hydrogens (primary N) is 1. The molecule has 0 bridgehead atoms. The zero-order valence-corrected chi connectivity index (χ0v) is 11.1. The van der Waals surface area contributed by atoms with Gasteiger partial charge in [0.25, 0.3) is 0 Å². The summed E-state index contributed by atoms with van der Waals surface area (Å²) in [6, 6.07) is 6.19. The van der Waals surface area contributed by atoms with E-state index >= 15 is 0 Å². The molecule has 17 heavy (non-hydrogen) atoms. The number of hydrogen-bond donors (Lipinski definition) is 1. The number of nitrogen functional groups attached to an aromatic ring is 1. The summed E-state index contributed by atoms with van der Waals surface area (Å²) < 4.78 is 0. The maximum absolute atomic E-state index is 5.87. The van der Waals surface area contributed by atoms with E-state index in [4.69, 9.17) is 5.73 Å². The average Bonchev–Trinajstić information content (AvgIpc) is 2.33. The second-order valence-electron chi connectivity index (χ2n) is 5.43. The minimum atomic E-state index is 0.862. The van der Waals surface area contributed by atoms with Crippen LogP contribution in [-0.4, -0.2) is 13.6 Å². The molecule has 2 nitrogen and oxygen atoms in total. The number of anilines is 2. The van der Waals surface area contributed by atoms with Crippen molar-refractivity contribution in [1.82, 2.24) is 0 Å². The Bertz CT molecular complexity index is 367. The fourth-order valence-corrected chi connectivity index (χ4v) is 2.89.